The monoisotopic (exact) mass is 312 g/mol. The van der Waals surface area contributed by atoms with Crippen molar-refractivity contribution in [1.29, 1.82) is 0 Å². The summed E-state index contributed by atoms with van der Waals surface area (Å²) < 4.78 is 33.2. The number of nitrogens with one attached hydrogen (secondary N) is 2. The van der Waals surface area contributed by atoms with Crippen LogP contribution in [0.4, 0.5) is 5.69 Å². The molecule has 0 spiro atoms. The first kappa shape index (κ1) is 16.3. The molecule has 1 heterocycles. The normalized spacial score (nSPS) is 16.1. The van der Waals surface area contributed by atoms with E-state index in [9.17, 15) is 8.42 Å². The number of rotatable bonds is 6. The zero-order valence-corrected chi connectivity index (χ0v) is 13.7. The van der Waals surface area contributed by atoms with Crippen LogP contribution < -0.4 is 10.0 Å². The molecule has 1 aromatic rings. The fourth-order valence-electron chi connectivity index (χ4n) is 2.63. The molecule has 1 aliphatic heterocycles. The molecule has 0 fully saturated rings. The molecule has 1 unspecified atom stereocenters. The maximum absolute atomic E-state index is 12.6. The van der Waals surface area contributed by atoms with Crippen molar-refractivity contribution in [3.8, 4) is 0 Å². The average molecular weight is 312 g/mol. The first-order chi connectivity index (χ1) is 9.95. The molecular weight excluding hydrogens is 288 g/mol. The summed E-state index contributed by atoms with van der Waals surface area (Å²) in [4.78, 5) is 0.388. The van der Waals surface area contributed by atoms with Crippen LogP contribution in [-0.4, -0.2) is 34.2 Å². The van der Waals surface area contributed by atoms with Crippen LogP contribution in [0.2, 0.25) is 0 Å². The maximum atomic E-state index is 12.6. The molecule has 5 nitrogen and oxygen atoms in total. The standard InChI is InChI=1S/C15H24N2O3S/c1-4-20-10-12(3)17-21(18,19)14-8-7-11(2)15-13(14)6-5-9-16-15/h7-8,12,16-17H,4-6,9-10H2,1-3H3. The molecule has 1 atom stereocenters. The van der Waals surface area contributed by atoms with Crippen molar-refractivity contribution in [3.05, 3.63) is 23.3 Å². The molecule has 6 heteroatoms. The molecule has 118 valence electrons. The van der Waals surface area contributed by atoms with Crippen LogP contribution in [-0.2, 0) is 21.2 Å². The van der Waals surface area contributed by atoms with Gasteiger partial charge in [0.15, 0.2) is 0 Å². The lowest BCUT2D eigenvalue weighted by Crippen LogP contribution is -2.36. The van der Waals surface area contributed by atoms with E-state index in [4.69, 9.17) is 4.74 Å². The van der Waals surface area contributed by atoms with Crippen LogP contribution >= 0.6 is 0 Å². The fraction of sp³-hybridized carbons (Fsp3) is 0.600. The summed E-state index contributed by atoms with van der Waals surface area (Å²) in [6, 6.07) is 3.32. The predicted octanol–water partition coefficient (Wildman–Crippen LogP) is 2.06. The minimum Gasteiger partial charge on any atom is -0.385 e. The number of fused-ring (bicyclic) bond motifs is 1. The van der Waals surface area contributed by atoms with Crippen LogP contribution in [0.3, 0.4) is 0 Å². The van der Waals surface area contributed by atoms with Gasteiger partial charge in [-0.2, -0.15) is 0 Å². The molecule has 2 rings (SSSR count). The number of ether oxygens (including phenoxy) is 1. The third-order valence-corrected chi connectivity index (χ3v) is 5.28. The second-order valence-electron chi connectivity index (χ2n) is 5.45. The van der Waals surface area contributed by atoms with Gasteiger partial charge in [0.1, 0.15) is 0 Å². The van der Waals surface area contributed by atoms with Crippen molar-refractivity contribution in [2.75, 3.05) is 25.1 Å². The Bertz CT molecular complexity index is 599. The van der Waals surface area contributed by atoms with Gasteiger partial charge in [-0.25, -0.2) is 13.1 Å². The molecule has 2 N–H and O–H groups in total. The fourth-order valence-corrected chi connectivity index (χ4v) is 4.13. The summed E-state index contributed by atoms with van der Waals surface area (Å²) in [5.74, 6) is 0. The molecule has 0 radical (unpaired) electrons. The molecule has 1 aromatic carbocycles. The molecule has 1 aliphatic rings. The van der Waals surface area contributed by atoms with Gasteiger partial charge in [-0.1, -0.05) is 6.07 Å². The van der Waals surface area contributed by atoms with E-state index in [1.54, 1.807) is 6.07 Å². The lowest BCUT2D eigenvalue weighted by atomic mass is 10.00. The molecule has 0 bridgehead atoms. The van der Waals surface area contributed by atoms with Gasteiger partial charge in [0.25, 0.3) is 0 Å². The second kappa shape index (κ2) is 6.77. The Hall–Kier alpha value is -1.11. The van der Waals surface area contributed by atoms with E-state index in [0.29, 0.717) is 18.1 Å². The largest absolute Gasteiger partial charge is 0.385 e. The van der Waals surface area contributed by atoms with E-state index in [0.717, 1.165) is 36.2 Å². The van der Waals surface area contributed by atoms with Crippen molar-refractivity contribution in [3.63, 3.8) is 0 Å². The lowest BCUT2D eigenvalue weighted by Gasteiger charge is -2.24. The van der Waals surface area contributed by atoms with Crippen molar-refractivity contribution in [2.45, 2.75) is 44.6 Å². The van der Waals surface area contributed by atoms with Crippen LogP contribution in [0.1, 0.15) is 31.4 Å². The molecule has 0 saturated heterocycles. The van der Waals surface area contributed by atoms with E-state index in [2.05, 4.69) is 10.0 Å². The Morgan fingerprint density at radius 2 is 2.19 bits per heavy atom. The summed E-state index contributed by atoms with van der Waals surface area (Å²) in [5, 5.41) is 3.31. The molecule has 0 amide bonds. The van der Waals surface area contributed by atoms with Crippen molar-refractivity contribution < 1.29 is 13.2 Å². The number of anilines is 1. The average Bonchev–Trinajstić information content (AvgIpc) is 2.45. The predicted molar refractivity (Wildman–Crippen MR) is 84.3 cm³/mol. The summed E-state index contributed by atoms with van der Waals surface area (Å²) in [5.41, 5.74) is 2.96. The number of hydrogen-bond acceptors (Lipinski definition) is 4. The molecule has 0 aromatic heterocycles. The van der Waals surface area contributed by atoms with E-state index >= 15 is 0 Å². The second-order valence-corrected chi connectivity index (χ2v) is 7.13. The Morgan fingerprint density at radius 3 is 2.90 bits per heavy atom. The van der Waals surface area contributed by atoms with Gasteiger partial charge in [-0.05, 0) is 50.8 Å². The van der Waals surface area contributed by atoms with E-state index < -0.39 is 10.0 Å². The highest BCUT2D eigenvalue weighted by Crippen LogP contribution is 2.31. The molecule has 0 saturated carbocycles. The van der Waals surface area contributed by atoms with E-state index in [-0.39, 0.29) is 6.04 Å². The van der Waals surface area contributed by atoms with Crippen LogP contribution in [0, 0.1) is 6.92 Å². The first-order valence-corrected chi connectivity index (χ1v) is 8.90. The molecular formula is C15H24N2O3S. The van der Waals surface area contributed by atoms with Gasteiger partial charge >= 0.3 is 0 Å². The van der Waals surface area contributed by atoms with Crippen molar-refractivity contribution in [2.24, 2.45) is 0 Å². The van der Waals surface area contributed by atoms with Crippen molar-refractivity contribution >= 4 is 15.7 Å². The Balaban J connectivity index is 2.28. The zero-order valence-electron chi connectivity index (χ0n) is 12.9. The molecule has 0 aliphatic carbocycles. The smallest absolute Gasteiger partial charge is 0.241 e. The number of hydrogen-bond donors (Lipinski definition) is 2. The molecule has 21 heavy (non-hydrogen) atoms. The van der Waals surface area contributed by atoms with Gasteiger partial charge in [0.05, 0.1) is 11.5 Å². The summed E-state index contributed by atoms with van der Waals surface area (Å²) in [6.07, 6.45) is 1.74. The quantitative estimate of drug-likeness (QED) is 0.844. The Morgan fingerprint density at radius 1 is 1.43 bits per heavy atom. The highest BCUT2D eigenvalue weighted by Gasteiger charge is 2.25. The summed E-state index contributed by atoms with van der Waals surface area (Å²) >= 11 is 0. The van der Waals surface area contributed by atoms with Crippen LogP contribution in [0.25, 0.3) is 0 Å². The van der Waals surface area contributed by atoms with Crippen LogP contribution in [0.15, 0.2) is 17.0 Å². The van der Waals surface area contributed by atoms with Gasteiger partial charge in [0.2, 0.25) is 10.0 Å². The third kappa shape index (κ3) is 3.75. The zero-order chi connectivity index (χ0) is 15.5. The van der Waals surface area contributed by atoms with Crippen molar-refractivity contribution in [1.82, 2.24) is 4.72 Å². The number of sulfonamides is 1. The SMILES string of the molecule is CCOCC(C)NS(=O)(=O)c1ccc(C)c2c1CCCN2. The Kier molecular flexibility index (Phi) is 5.24. The van der Waals surface area contributed by atoms with Gasteiger partial charge in [0, 0.05) is 24.9 Å². The van der Waals surface area contributed by atoms with E-state index in [1.807, 2.05) is 26.8 Å². The van der Waals surface area contributed by atoms with Gasteiger partial charge < -0.3 is 10.1 Å². The van der Waals surface area contributed by atoms with Gasteiger partial charge in [-0.15, -0.1) is 0 Å². The van der Waals surface area contributed by atoms with Gasteiger partial charge in [-0.3, -0.25) is 0 Å². The van der Waals surface area contributed by atoms with E-state index in [1.165, 1.54) is 0 Å². The minimum absolute atomic E-state index is 0.247. The maximum Gasteiger partial charge on any atom is 0.241 e. The Labute approximate surface area is 127 Å². The third-order valence-electron chi connectivity index (χ3n) is 3.60. The highest BCUT2D eigenvalue weighted by molar-refractivity contribution is 7.89. The summed E-state index contributed by atoms with van der Waals surface area (Å²) in [6.45, 7) is 7.55. The number of benzene rings is 1. The minimum atomic E-state index is -3.52. The topological polar surface area (TPSA) is 67.4 Å². The number of aryl methyl sites for hydroxylation is 1. The first-order valence-electron chi connectivity index (χ1n) is 7.42. The summed E-state index contributed by atoms with van der Waals surface area (Å²) in [7, 11) is -3.52. The lowest BCUT2D eigenvalue weighted by molar-refractivity contribution is 0.133. The highest BCUT2D eigenvalue weighted by atomic mass is 32.2. The van der Waals surface area contributed by atoms with Crippen LogP contribution in [0.5, 0.6) is 0 Å².